The van der Waals surface area contributed by atoms with Crippen LogP contribution in [0.4, 0.5) is 0 Å². The normalized spacial score (nSPS) is 11.5. The first-order chi connectivity index (χ1) is 9.78. The maximum Gasteiger partial charge on any atom is 0.172 e. The molecular formula is C15H8ClN3S. The van der Waals surface area contributed by atoms with Gasteiger partial charge in [-0.1, -0.05) is 29.8 Å². The second-order valence-electron chi connectivity index (χ2n) is 4.04. The summed E-state index contributed by atoms with van der Waals surface area (Å²) in [6.45, 7) is 0. The molecular weight excluding hydrogens is 290 g/mol. The van der Waals surface area contributed by atoms with E-state index in [0.717, 1.165) is 15.8 Å². The smallest absolute Gasteiger partial charge is 0.172 e. The van der Waals surface area contributed by atoms with Crippen LogP contribution in [0.5, 0.6) is 0 Å². The lowest BCUT2D eigenvalue weighted by Crippen LogP contribution is -1.94. The summed E-state index contributed by atoms with van der Waals surface area (Å²) >= 11 is 7.71. The summed E-state index contributed by atoms with van der Waals surface area (Å²) in [6, 6.07) is 13.5. The monoisotopic (exact) mass is 297 g/mol. The van der Waals surface area contributed by atoms with Gasteiger partial charge in [-0.3, -0.25) is 0 Å². The second-order valence-corrected chi connectivity index (χ2v) is 5.38. The number of aromatic nitrogens is 2. The lowest BCUT2D eigenvalue weighted by atomic mass is 10.2. The molecule has 0 spiro atoms. The number of para-hydroxylation sites is 1. The fraction of sp³-hybridized carbons (Fsp3) is 0. The van der Waals surface area contributed by atoms with Crippen molar-refractivity contribution < 1.29 is 0 Å². The maximum absolute atomic E-state index is 9.30. The molecule has 5 heteroatoms. The number of nitriles is 1. The number of hydrogen-bond donors (Lipinski definition) is 0. The van der Waals surface area contributed by atoms with Crippen LogP contribution >= 0.6 is 22.9 Å². The van der Waals surface area contributed by atoms with E-state index in [2.05, 4.69) is 16.0 Å². The van der Waals surface area contributed by atoms with E-state index in [4.69, 9.17) is 11.6 Å². The van der Waals surface area contributed by atoms with E-state index in [1.165, 1.54) is 0 Å². The Morgan fingerprint density at radius 1 is 1.20 bits per heavy atom. The molecule has 1 aromatic carbocycles. The van der Waals surface area contributed by atoms with Crippen molar-refractivity contribution in [3.63, 3.8) is 0 Å². The van der Waals surface area contributed by atoms with E-state index in [0.29, 0.717) is 16.6 Å². The first-order valence-corrected chi connectivity index (χ1v) is 7.11. The highest BCUT2D eigenvalue weighted by Gasteiger charge is 2.10. The van der Waals surface area contributed by atoms with E-state index in [9.17, 15) is 5.26 Å². The van der Waals surface area contributed by atoms with Crippen LogP contribution in [0.15, 0.2) is 41.8 Å². The molecule has 0 fully saturated rings. The summed E-state index contributed by atoms with van der Waals surface area (Å²) in [5.41, 5.74) is 1.13. The van der Waals surface area contributed by atoms with Crippen LogP contribution in [0.3, 0.4) is 0 Å². The van der Waals surface area contributed by atoms with Crippen molar-refractivity contribution in [2.75, 3.05) is 0 Å². The second kappa shape index (κ2) is 5.41. The molecule has 0 aliphatic carbocycles. The standard InChI is InChI=1S/C15H8ClN3S/c16-14-12-5-1-2-6-13(12)18-15(19-14)10(9-17)8-11-4-3-7-20-11/h1-8H/b10-8+. The zero-order valence-electron chi connectivity index (χ0n) is 10.2. The van der Waals surface area contributed by atoms with Gasteiger partial charge in [-0.05, 0) is 29.7 Å². The minimum Gasteiger partial charge on any atom is -0.227 e. The summed E-state index contributed by atoms with van der Waals surface area (Å²) in [6.07, 6.45) is 1.77. The van der Waals surface area contributed by atoms with Crippen molar-refractivity contribution in [1.82, 2.24) is 9.97 Å². The average Bonchev–Trinajstić information content (AvgIpc) is 2.97. The van der Waals surface area contributed by atoms with Crippen LogP contribution in [0.25, 0.3) is 22.6 Å². The Hall–Kier alpha value is -2.22. The third kappa shape index (κ3) is 2.42. The number of hydrogen-bond acceptors (Lipinski definition) is 4. The van der Waals surface area contributed by atoms with E-state index in [1.807, 2.05) is 41.8 Å². The number of fused-ring (bicyclic) bond motifs is 1. The van der Waals surface area contributed by atoms with Crippen molar-refractivity contribution >= 4 is 45.5 Å². The third-order valence-corrected chi connectivity index (χ3v) is 3.86. The van der Waals surface area contributed by atoms with Crippen LogP contribution in [0.2, 0.25) is 5.15 Å². The van der Waals surface area contributed by atoms with Gasteiger partial charge in [0, 0.05) is 10.3 Å². The summed E-state index contributed by atoms with van der Waals surface area (Å²) < 4.78 is 0. The Labute approximate surface area is 124 Å². The quantitative estimate of drug-likeness (QED) is 0.520. The summed E-state index contributed by atoms with van der Waals surface area (Å²) in [7, 11) is 0. The molecule has 0 radical (unpaired) electrons. The Kier molecular flexibility index (Phi) is 3.46. The SMILES string of the molecule is N#C/C(=C\c1cccs1)c1nc(Cl)c2ccccc2n1. The molecule has 2 aromatic heterocycles. The zero-order valence-corrected chi connectivity index (χ0v) is 11.8. The molecule has 0 N–H and O–H groups in total. The third-order valence-electron chi connectivity index (χ3n) is 2.75. The van der Waals surface area contributed by atoms with Gasteiger partial charge >= 0.3 is 0 Å². The molecule has 3 rings (SSSR count). The number of allylic oxidation sites excluding steroid dienone is 1. The van der Waals surface area contributed by atoms with Crippen molar-refractivity contribution in [3.8, 4) is 6.07 Å². The van der Waals surface area contributed by atoms with Crippen LogP contribution in [0, 0.1) is 11.3 Å². The first kappa shape index (κ1) is 12.8. The predicted octanol–water partition coefficient (Wildman–Crippen LogP) is 4.41. The van der Waals surface area contributed by atoms with Gasteiger partial charge in [-0.25, -0.2) is 9.97 Å². The minimum atomic E-state index is 0.351. The fourth-order valence-electron chi connectivity index (χ4n) is 1.82. The number of rotatable bonds is 2. The summed E-state index contributed by atoms with van der Waals surface area (Å²) in [5.74, 6) is 0.351. The highest BCUT2D eigenvalue weighted by atomic mass is 35.5. The molecule has 3 nitrogen and oxygen atoms in total. The lowest BCUT2D eigenvalue weighted by Gasteiger charge is -2.03. The number of thiophene rings is 1. The maximum atomic E-state index is 9.30. The Morgan fingerprint density at radius 3 is 2.80 bits per heavy atom. The Bertz CT molecular complexity index is 832. The van der Waals surface area contributed by atoms with Crippen LogP contribution < -0.4 is 0 Å². The van der Waals surface area contributed by atoms with Gasteiger partial charge in [-0.2, -0.15) is 5.26 Å². The van der Waals surface area contributed by atoms with E-state index in [-0.39, 0.29) is 0 Å². The van der Waals surface area contributed by atoms with Crippen LogP contribution in [-0.2, 0) is 0 Å². The highest BCUT2D eigenvalue weighted by molar-refractivity contribution is 7.10. The number of halogens is 1. The topological polar surface area (TPSA) is 49.6 Å². The van der Waals surface area contributed by atoms with Gasteiger partial charge in [0.05, 0.1) is 11.1 Å². The largest absolute Gasteiger partial charge is 0.227 e. The molecule has 0 aliphatic rings. The molecule has 0 atom stereocenters. The van der Waals surface area contributed by atoms with Crippen LogP contribution in [0.1, 0.15) is 10.7 Å². The highest BCUT2D eigenvalue weighted by Crippen LogP contribution is 2.24. The molecule has 2 heterocycles. The summed E-state index contributed by atoms with van der Waals surface area (Å²) in [5, 5.41) is 12.4. The minimum absolute atomic E-state index is 0.351. The molecule has 20 heavy (non-hydrogen) atoms. The molecule has 0 aliphatic heterocycles. The average molecular weight is 298 g/mol. The molecule has 0 unspecified atom stereocenters. The number of nitrogens with zero attached hydrogens (tertiary/aromatic N) is 3. The van der Waals surface area contributed by atoms with Crippen molar-refractivity contribution in [2.45, 2.75) is 0 Å². The lowest BCUT2D eigenvalue weighted by molar-refractivity contribution is 1.17. The van der Waals surface area contributed by atoms with Gasteiger partial charge < -0.3 is 0 Å². The molecule has 0 bridgehead atoms. The van der Waals surface area contributed by atoms with Crippen molar-refractivity contribution in [2.24, 2.45) is 0 Å². The van der Waals surface area contributed by atoms with Gasteiger partial charge in [0.15, 0.2) is 5.82 Å². The Morgan fingerprint density at radius 2 is 2.05 bits per heavy atom. The van der Waals surface area contributed by atoms with Gasteiger partial charge in [0.1, 0.15) is 11.2 Å². The first-order valence-electron chi connectivity index (χ1n) is 5.86. The number of benzene rings is 1. The van der Waals surface area contributed by atoms with Gasteiger partial charge in [0.25, 0.3) is 0 Å². The zero-order chi connectivity index (χ0) is 13.9. The Balaban J connectivity index is 2.16. The van der Waals surface area contributed by atoms with E-state index in [1.54, 1.807) is 17.4 Å². The van der Waals surface area contributed by atoms with Crippen molar-refractivity contribution in [3.05, 3.63) is 57.6 Å². The molecule has 0 amide bonds. The predicted molar refractivity (Wildman–Crippen MR) is 82.4 cm³/mol. The van der Waals surface area contributed by atoms with Gasteiger partial charge in [0.2, 0.25) is 0 Å². The molecule has 3 aromatic rings. The van der Waals surface area contributed by atoms with E-state index < -0.39 is 0 Å². The van der Waals surface area contributed by atoms with E-state index >= 15 is 0 Å². The molecule has 0 saturated carbocycles. The fourth-order valence-corrected chi connectivity index (χ4v) is 2.72. The van der Waals surface area contributed by atoms with Crippen LogP contribution in [-0.4, -0.2) is 9.97 Å². The summed E-state index contributed by atoms with van der Waals surface area (Å²) in [4.78, 5) is 9.61. The van der Waals surface area contributed by atoms with Crippen molar-refractivity contribution in [1.29, 1.82) is 5.26 Å². The van der Waals surface area contributed by atoms with Gasteiger partial charge in [-0.15, -0.1) is 11.3 Å². The molecule has 0 saturated heterocycles. The molecule has 96 valence electrons.